The van der Waals surface area contributed by atoms with E-state index in [1.807, 2.05) is 18.2 Å². The largest absolute Gasteiger partial charge is 0.493 e. The maximum Gasteiger partial charge on any atom is 0.193 e. The first-order valence-corrected chi connectivity index (χ1v) is 9.41. The van der Waals surface area contributed by atoms with Crippen molar-refractivity contribution in [1.82, 2.24) is 14.8 Å². The number of anilines is 1. The average molecular weight is 372 g/mol. The minimum Gasteiger partial charge on any atom is -0.493 e. The molecular formula is C19H28N6O2. The Kier molecular flexibility index (Phi) is 6.51. The smallest absolute Gasteiger partial charge is 0.193 e. The summed E-state index contributed by atoms with van der Waals surface area (Å²) in [6.07, 6.45) is 6.46. The predicted octanol–water partition coefficient (Wildman–Crippen LogP) is 2.38. The van der Waals surface area contributed by atoms with Gasteiger partial charge in [-0.25, -0.2) is 0 Å². The van der Waals surface area contributed by atoms with E-state index >= 15 is 0 Å². The van der Waals surface area contributed by atoms with Crippen LogP contribution in [-0.4, -0.2) is 41.5 Å². The number of fused-ring (bicyclic) bond motifs is 1. The van der Waals surface area contributed by atoms with Crippen LogP contribution >= 0.6 is 0 Å². The van der Waals surface area contributed by atoms with Crippen LogP contribution in [0.1, 0.15) is 37.3 Å². The van der Waals surface area contributed by atoms with E-state index in [0.29, 0.717) is 24.0 Å². The molecule has 2 heterocycles. The molecule has 3 N–H and O–H groups in total. The third-order valence-electron chi connectivity index (χ3n) is 4.68. The maximum absolute atomic E-state index is 5.99. The van der Waals surface area contributed by atoms with E-state index in [1.54, 1.807) is 14.2 Å². The number of aliphatic imine (C=N–C) groups is 1. The monoisotopic (exact) mass is 372 g/mol. The topological polar surface area (TPSA) is 99.6 Å². The number of ether oxygens (including phenoxy) is 2. The van der Waals surface area contributed by atoms with Gasteiger partial charge in [-0.2, -0.15) is 0 Å². The van der Waals surface area contributed by atoms with E-state index in [2.05, 4.69) is 25.1 Å². The first-order valence-electron chi connectivity index (χ1n) is 9.41. The zero-order valence-corrected chi connectivity index (χ0v) is 16.1. The summed E-state index contributed by atoms with van der Waals surface area (Å²) in [6.45, 7) is 1.66. The summed E-state index contributed by atoms with van der Waals surface area (Å²) >= 11 is 0. The molecule has 2 aromatic rings. The number of guanidine groups is 1. The lowest BCUT2D eigenvalue weighted by Crippen LogP contribution is -2.23. The Bertz CT molecular complexity index is 787. The second-order valence-corrected chi connectivity index (χ2v) is 6.56. The fourth-order valence-corrected chi connectivity index (χ4v) is 3.27. The van der Waals surface area contributed by atoms with Crippen LogP contribution in [0.3, 0.4) is 0 Å². The highest BCUT2D eigenvalue weighted by molar-refractivity contribution is 5.92. The summed E-state index contributed by atoms with van der Waals surface area (Å²) in [6, 6.07) is 5.52. The van der Waals surface area contributed by atoms with E-state index in [1.165, 1.54) is 19.3 Å². The predicted molar refractivity (Wildman–Crippen MR) is 106 cm³/mol. The van der Waals surface area contributed by atoms with Crippen molar-refractivity contribution >= 4 is 11.6 Å². The van der Waals surface area contributed by atoms with Gasteiger partial charge in [-0.1, -0.05) is 6.42 Å². The van der Waals surface area contributed by atoms with Gasteiger partial charge in [-0.05, 0) is 31.4 Å². The minimum absolute atomic E-state index is 0.377. The fourth-order valence-electron chi connectivity index (χ4n) is 3.27. The minimum atomic E-state index is 0.377. The Labute approximate surface area is 159 Å². The number of aryl methyl sites for hydroxylation is 2. The quantitative estimate of drug-likeness (QED) is 0.440. The van der Waals surface area contributed by atoms with Crippen LogP contribution in [0.15, 0.2) is 23.2 Å². The second kappa shape index (κ2) is 9.25. The molecule has 8 heteroatoms. The summed E-state index contributed by atoms with van der Waals surface area (Å²) in [5, 5.41) is 11.8. The lowest BCUT2D eigenvalue weighted by atomic mass is 10.2. The maximum atomic E-state index is 5.99. The van der Waals surface area contributed by atoms with Gasteiger partial charge < -0.3 is 25.1 Å². The third-order valence-corrected chi connectivity index (χ3v) is 4.68. The molecule has 1 aliphatic heterocycles. The molecule has 0 aliphatic carbocycles. The summed E-state index contributed by atoms with van der Waals surface area (Å²) in [4.78, 5) is 4.40. The van der Waals surface area contributed by atoms with Crippen LogP contribution in [0.25, 0.3) is 0 Å². The van der Waals surface area contributed by atoms with Crippen LogP contribution in [-0.2, 0) is 19.4 Å². The van der Waals surface area contributed by atoms with Crippen LogP contribution in [0, 0.1) is 0 Å². The Morgan fingerprint density at radius 3 is 2.85 bits per heavy atom. The van der Waals surface area contributed by atoms with Gasteiger partial charge in [-0.15, -0.1) is 10.2 Å². The normalized spacial score (nSPS) is 14.4. The lowest BCUT2D eigenvalue weighted by molar-refractivity contribution is 0.355. The fraction of sp³-hybridized carbons (Fsp3) is 0.526. The van der Waals surface area contributed by atoms with Crippen molar-refractivity contribution < 1.29 is 9.47 Å². The summed E-state index contributed by atoms with van der Waals surface area (Å²) < 4.78 is 12.8. The summed E-state index contributed by atoms with van der Waals surface area (Å²) in [5.74, 6) is 3.88. The van der Waals surface area contributed by atoms with Gasteiger partial charge >= 0.3 is 0 Å². The molecule has 0 unspecified atom stereocenters. The summed E-state index contributed by atoms with van der Waals surface area (Å²) in [5.41, 5.74) is 6.79. The molecule has 0 saturated carbocycles. The molecule has 0 spiro atoms. The number of nitrogens with two attached hydrogens (primary N) is 1. The molecule has 146 valence electrons. The molecule has 0 saturated heterocycles. The van der Waals surface area contributed by atoms with Crippen LogP contribution in [0.2, 0.25) is 0 Å². The molecule has 1 aromatic carbocycles. The van der Waals surface area contributed by atoms with Gasteiger partial charge in [0, 0.05) is 37.7 Å². The Hall–Kier alpha value is -2.77. The Morgan fingerprint density at radius 1 is 1.19 bits per heavy atom. The van der Waals surface area contributed by atoms with Gasteiger partial charge in [0.25, 0.3) is 0 Å². The standard InChI is InChI=1S/C19H28N6O2/c1-26-15-10-9-14(13-16(15)27-2)22-19(20)21-11-6-8-18-24-23-17-7-4-3-5-12-25(17)18/h9-10,13H,3-8,11-12H2,1-2H3,(H3,20,21,22). The van der Waals surface area contributed by atoms with E-state index in [9.17, 15) is 0 Å². The van der Waals surface area contributed by atoms with Crippen molar-refractivity contribution in [3.05, 3.63) is 29.8 Å². The highest BCUT2D eigenvalue weighted by Crippen LogP contribution is 2.29. The highest BCUT2D eigenvalue weighted by atomic mass is 16.5. The van der Waals surface area contributed by atoms with E-state index in [0.717, 1.165) is 43.1 Å². The first kappa shape index (κ1) is 19.0. The van der Waals surface area contributed by atoms with Crippen LogP contribution in [0.4, 0.5) is 5.69 Å². The SMILES string of the molecule is COc1ccc(NC(N)=NCCCc2nnc3n2CCCCC3)cc1OC. The van der Waals surface area contributed by atoms with Crippen molar-refractivity contribution in [1.29, 1.82) is 0 Å². The van der Waals surface area contributed by atoms with E-state index < -0.39 is 0 Å². The number of methoxy groups -OCH3 is 2. The number of rotatable bonds is 7. The van der Waals surface area contributed by atoms with Crippen LogP contribution in [0.5, 0.6) is 11.5 Å². The zero-order chi connectivity index (χ0) is 19.1. The number of nitrogens with zero attached hydrogens (tertiary/aromatic N) is 4. The number of benzene rings is 1. The lowest BCUT2D eigenvalue weighted by Gasteiger charge is -2.11. The Morgan fingerprint density at radius 2 is 2.04 bits per heavy atom. The number of hydrogen-bond acceptors (Lipinski definition) is 5. The van der Waals surface area contributed by atoms with Gasteiger partial charge in [0.2, 0.25) is 0 Å². The third kappa shape index (κ3) is 4.90. The highest BCUT2D eigenvalue weighted by Gasteiger charge is 2.14. The van der Waals surface area contributed by atoms with Gasteiger partial charge in [0.05, 0.1) is 14.2 Å². The first-order chi connectivity index (χ1) is 13.2. The number of aromatic nitrogens is 3. The molecule has 3 rings (SSSR count). The molecule has 8 nitrogen and oxygen atoms in total. The molecule has 0 atom stereocenters. The van der Waals surface area contributed by atoms with E-state index in [-0.39, 0.29) is 0 Å². The molecule has 1 aromatic heterocycles. The van der Waals surface area contributed by atoms with Crippen molar-refractivity contribution in [3.8, 4) is 11.5 Å². The summed E-state index contributed by atoms with van der Waals surface area (Å²) in [7, 11) is 3.21. The van der Waals surface area contributed by atoms with Crippen molar-refractivity contribution in [2.24, 2.45) is 10.7 Å². The molecule has 0 bridgehead atoms. The van der Waals surface area contributed by atoms with Crippen LogP contribution < -0.4 is 20.5 Å². The molecular weight excluding hydrogens is 344 g/mol. The van der Waals surface area contributed by atoms with Crippen molar-refractivity contribution in [3.63, 3.8) is 0 Å². The van der Waals surface area contributed by atoms with Crippen molar-refractivity contribution in [2.75, 3.05) is 26.1 Å². The molecule has 0 radical (unpaired) electrons. The molecule has 0 fully saturated rings. The van der Waals surface area contributed by atoms with Gasteiger partial charge in [0.1, 0.15) is 11.6 Å². The Balaban J connectivity index is 1.51. The second-order valence-electron chi connectivity index (χ2n) is 6.56. The van der Waals surface area contributed by atoms with Gasteiger partial charge in [0.15, 0.2) is 17.5 Å². The number of hydrogen-bond donors (Lipinski definition) is 2. The number of nitrogens with one attached hydrogen (secondary N) is 1. The van der Waals surface area contributed by atoms with Crippen molar-refractivity contribution in [2.45, 2.75) is 45.1 Å². The average Bonchev–Trinajstić information content (AvgIpc) is 2.91. The molecule has 27 heavy (non-hydrogen) atoms. The van der Waals surface area contributed by atoms with E-state index in [4.69, 9.17) is 15.2 Å². The molecule has 0 amide bonds. The molecule has 1 aliphatic rings. The van der Waals surface area contributed by atoms with Gasteiger partial charge in [-0.3, -0.25) is 4.99 Å². The zero-order valence-electron chi connectivity index (χ0n) is 16.1.